The number of phenolic OH excluding ortho intramolecular Hbond substituents is 3. The van der Waals surface area contributed by atoms with Crippen LogP contribution in [0.5, 0.6) is 17.2 Å². The molecular formula is C28H40N2O5. The summed E-state index contributed by atoms with van der Waals surface area (Å²) in [5.74, 6) is 0.318. The number of rotatable bonds is 10. The first kappa shape index (κ1) is 26.7. The number of amides is 1. The molecule has 0 aliphatic carbocycles. The van der Waals surface area contributed by atoms with E-state index in [1.807, 2.05) is 0 Å². The van der Waals surface area contributed by atoms with Crippen molar-refractivity contribution in [3.63, 3.8) is 0 Å². The third-order valence-electron chi connectivity index (χ3n) is 6.53. The highest BCUT2D eigenvalue weighted by Gasteiger charge is 2.30. The second-order valence-electron chi connectivity index (χ2n) is 10.8. The maximum atomic E-state index is 13.5. The van der Waals surface area contributed by atoms with Gasteiger partial charge in [-0.15, -0.1) is 0 Å². The standard InChI is InChI=1S/C28H40N2O5/c1-18(8-6-9-19(2)13-15-35-28(3,4)5)12-14-30-22-16-20(31)17-24(33)26(22)29-25-21(27(30)34)10-7-11-23(25)32/h7,10-11,16-19,29,31-33H,6,8-9,12-15H2,1-5H3. The number of hydrogen-bond acceptors (Lipinski definition) is 6. The Balaban J connectivity index is 1.63. The number of ether oxygens (including phenoxy) is 1. The highest BCUT2D eigenvalue weighted by Crippen LogP contribution is 2.45. The minimum absolute atomic E-state index is 0.0773. The zero-order valence-electron chi connectivity index (χ0n) is 21.6. The fourth-order valence-electron chi connectivity index (χ4n) is 4.41. The lowest BCUT2D eigenvalue weighted by Gasteiger charge is -2.25. The SMILES string of the molecule is CC(CCCC(C)CCN1C(=O)c2cccc(O)c2Nc2c(O)cc(O)cc21)CCOC(C)(C)C. The number of anilines is 3. The van der Waals surface area contributed by atoms with Gasteiger partial charge in [-0.05, 0) is 57.6 Å². The summed E-state index contributed by atoms with van der Waals surface area (Å²) < 4.78 is 5.84. The Kier molecular flexibility index (Phi) is 8.54. The maximum absolute atomic E-state index is 13.5. The van der Waals surface area contributed by atoms with Crippen molar-refractivity contribution in [3.8, 4) is 17.2 Å². The number of aromatic hydroxyl groups is 3. The van der Waals surface area contributed by atoms with Crippen LogP contribution in [0.15, 0.2) is 30.3 Å². The van der Waals surface area contributed by atoms with Crippen LogP contribution in [-0.4, -0.2) is 40.0 Å². The summed E-state index contributed by atoms with van der Waals surface area (Å²) in [6.45, 7) is 11.9. The normalized spacial score (nSPS) is 15.1. The van der Waals surface area contributed by atoms with Crippen molar-refractivity contribution >= 4 is 23.0 Å². The van der Waals surface area contributed by atoms with Gasteiger partial charge in [-0.3, -0.25) is 4.79 Å². The summed E-state index contributed by atoms with van der Waals surface area (Å²) in [5.41, 5.74) is 1.15. The Bertz CT molecular complexity index is 1030. The summed E-state index contributed by atoms with van der Waals surface area (Å²) in [7, 11) is 0. The van der Waals surface area contributed by atoms with E-state index < -0.39 is 0 Å². The summed E-state index contributed by atoms with van der Waals surface area (Å²) in [5, 5.41) is 33.9. The number of para-hydroxylation sites is 1. The largest absolute Gasteiger partial charge is 0.508 e. The lowest BCUT2D eigenvalue weighted by Crippen LogP contribution is -2.32. The monoisotopic (exact) mass is 484 g/mol. The van der Waals surface area contributed by atoms with Crippen molar-refractivity contribution in [3.05, 3.63) is 35.9 Å². The van der Waals surface area contributed by atoms with Gasteiger partial charge in [0.1, 0.15) is 22.9 Å². The van der Waals surface area contributed by atoms with Crippen LogP contribution in [0.3, 0.4) is 0 Å². The number of phenols is 3. The third-order valence-corrected chi connectivity index (χ3v) is 6.53. The molecular weight excluding hydrogens is 444 g/mol. The van der Waals surface area contributed by atoms with E-state index in [0.29, 0.717) is 29.6 Å². The zero-order valence-corrected chi connectivity index (χ0v) is 21.6. The fourth-order valence-corrected chi connectivity index (χ4v) is 4.41. The Morgan fingerprint density at radius 3 is 2.31 bits per heavy atom. The van der Waals surface area contributed by atoms with Crippen LogP contribution in [0.2, 0.25) is 0 Å². The Labute approximate surface area is 208 Å². The zero-order chi connectivity index (χ0) is 25.8. The van der Waals surface area contributed by atoms with Crippen molar-refractivity contribution in [2.24, 2.45) is 11.8 Å². The van der Waals surface area contributed by atoms with Crippen LogP contribution in [0.1, 0.15) is 77.1 Å². The molecule has 7 nitrogen and oxygen atoms in total. The first-order valence-electron chi connectivity index (χ1n) is 12.6. The molecule has 2 aromatic rings. The molecule has 0 radical (unpaired) electrons. The fraction of sp³-hybridized carbons (Fsp3) is 0.536. The number of carbonyl (C=O) groups is 1. The van der Waals surface area contributed by atoms with Gasteiger partial charge >= 0.3 is 0 Å². The van der Waals surface area contributed by atoms with Crippen LogP contribution in [0.4, 0.5) is 17.1 Å². The molecule has 0 fully saturated rings. The molecule has 7 heteroatoms. The number of nitrogens with zero attached hydrogens (tertiary/aromatic N) is 1. The summed E-state index contributed by atoms with van der Waals surface area (Å²) in [4.78, 5) is 15.0. The smallest absolute Gasteiger partial charge is 0.260 e. The Morgan fingerprint density at radius 2 is 1.63 bits per heavy atom. The third kappa shape index (κ3) is 7.04. The van der Waals surface area contributed by atoms with Crippen molar-refractivity contribution in [2.45, 2.75) is 72.3 Å². The lowest BCUT2D eigenvalue weighted by atomic mass is 9.95. The maximum Gasteiger partial charge on any atom is 0.260 e. The number of hydrogen-bond donors (Lipinski definition) is 4. The summed E-state index contributed by atoms with van der Waals surface area (Å²) >= 11 is 0. The average Bonchev–Trinajstić information content (AvgIpc) is 2.87. The van der Waals surface area contributed by atoms with Crippen LogP contribution in [0.25, 0.3) is 0 Å². The molecule has 2 atom stereocenters. The minimum Gasteiger partial charge on any atom is -0.508 e. The van der Waals surface area contributed by atoms with Crippen molar-refractivity contribution in [1.29, 1.82) is 0 Å². The van der Waals surface area contributed by atoms with E-state index in [0.717, 1.165) is 38.7 Å². The molecule has 35 heavy (non-hydrogen) atoms. The molecule has 2 aromatic carbocycles. The Hall–Kier alpha value is -2.93. The van der Waals surface area contributed by atoms with E-state index in [-0.39, 0.29) is 40.1 Å². The van der Waals surface area contributed by atoms with E-state index in [4.69, 9.17) is 4.74 Å². The van der Waals surface area contributed by atoms with Crippen molar-refractivity contribution < 1.29 is 24.9 Å². The molecule has 0 bridgehead atoms. The molecule has 2 unspecified atom stereocenters. The van der Waals surface area contributed by atoms with E-state index in [9.17, 15) is 20.1 Å². The van der Waals surface area contributed by atoms with Gasteiger partial charge < -0.3 is 30.3 Å². The van der Waals surface area contributed by atoms with Gasteiger partial charge in [-0.2, -0.15) is 0 Å². The van der Waals surface area contributed by atoms with Gasteiger partial charge in [0.25, 0.3) is 5.91 Å². The van der Waals surface area contributed by atoms with Gasteiger partial charge in [0, 0.05) is 25.3 Å². The van der Waals surface area contributed by atoms with Gasteiger partial charge in [-0.25, -0.2) is 0 Å². The van der Waals surface area contributed by atoms with Crippen LogP contribution < -0.4 is 10.2 Å². The van der Waals surface area contributed by atoms with Crippen molar-refractivity contribution in [2.75, 3.05) is 23.4 Å². The van der Waals surface area contributed by atoms with Crippen LogP contribution in [-0.2, 0) is 4.74 Å². The summed E-state index contributed by atoms with van der Waals surface area (Å²) in [6.07, 6.45) is 5.14. The predicted molar refractivity (Wildman–Crippen MR) is 140 cm³/mol. The van der Waals surface area contributed by atoms with Gasteiger partial charge in [0.15, 0.2) is 0 Å². The number of benzene rings is 2. The molecule has 3 rings (SSSR count). The highest BCUT2D eigenvalue weighted by atomic mass is 16.5. The second-order valence-corrected chi connectivity index (χ2v) is 10.8. The van der Waals surface area contributed by atoms with E-state index in [1.54, 1.807) is 17.0 Å². The van der Waals surface area contributed by atoms with Crippen LogP contribution in [0, 0.1) is 11.8 Å². The van der Waals surface area contributed by atoms with Crippen LogP contribution >= 0.6 is 0 Å². The second kappa shape index (κ2) is 11.2. The number of fused-ring (bicyclic) bond motifs is 2. The molecule has 0 saturated carbocycles. The minimum atomic E-state index is -0.285. The Morgan fingerprint density at radius 1 is 0.943 bits per heavy atom. The molecule has 0 spiro atoms. The predicted octanol–water partition coefficient (Wildman–Crippen LogP) is 6.55. The molecule has 1 aliphatic rings. The van der Waals surface area contributed by atoms with E-state index >= 15 is 0 Å². The number of nitrogens with one attached hydrogen (secondary N) is 1. The number of carbonyl (C=O) groups excluding carboxylic acids is 1. The van der Waals surface area contributed by atoms with Crippen molar-refractivity contribution in [1.82, 2.24) is 0 Å². The topological polar surface area (TPSA) is 102 Å². The molecule has 4 N–H and O–H groups in total. The molecule has 0 aromatic heterocycles. The molecule has 0 saturated heterocycles. The first-order valence-corrected chi connectivity index (χ1v) is 12.6. The average molecular weight is 485 g/mol. The first-order chi connectivity index (χ1) is 16.5. The van der Waals surface area contributed by atoms with E-state index in [1.165, 1.54) is 18.2 Å². The lowest BCUT2D eigenvalue weighted by molar-refractivity contribution is -0.00892. The van der Waals surface area contributed by atoms with Gasteiger partial charge in [-0.1, -0.05) is 39.2 Å². The van der Waals surface area contributed by atoms with Gasteiger partial charge in [0.2, 0.25) is 0 Å². The molecule has 1 amide bonds. The molecule has 192 valence electrons. The summed E-state index contributed by atoms with van der Waals surface area (Å²) in [6, 6.07) is 7.44. The van der Waals surface area contributed by atoms with Gasteiger partial charge in [0.05, 0.1) is 22.5 Å². The van der Waals surface area contributed by atoms with E-state index in [2.05, 4.69) is 39.9 Å². The molecule has 1 heterocycles. The highest BCUT2D eigenvalue weighted by molar-refractivity contribution is 6.15. The quantitative estimate of drug-likeness (QED) is 0.225. The molecule has 1 aliphatic heterocycles.